The molecular weight excluding hydrogens is 194 g/mol. The minimum Gasteiger partial charge on any atom is -0.192 e. The third kappa shape index (κ3) is 1.97. The molecule has 1 heteroatoms. The molecule has 0 spiro atoms. The van der Waals surface area contributed by atoms with Crippen LogP contribution in [-0.4, -0.2) is 0 Å². The Morgan fingerprint density at radius 1 is 1.12 bits per heavy atom. The summed E-state index contributed by atoms with van der Waals surface area (Å²) in [4.78, 5) is 0. The van der Waals surface area contributed by atoms with Gasteiger partial charge in [-0.05, 0) is 60.4 Å². The maximum absolute atomic E-state index is 8.81. The molecule has 77 valence electrons. The van der Waals surface area contributed by atoms with Gasteiger partial charge in [-0.1, -0.05) is 18.2 Å². The van der Waals surface area contributed by atoms with Crippen LogP contribution >= 0.6 is 0 Å². The lowest BCUT2D eigenvalue weighted by Crippen LogP contribution is -1.85. The average molecular weight is 206 g/mol. The lowest BCUT2D eigenvalue weighted by molar-refractivity contribution is 1.40. The molecule has 0 aliphatic rings. The molecule has 0 bridgehead atoms. The summed E-state index contributed by atoms with van der Waals surface area (Å²) in [5, 5.41) is 8.81. The van der Waals surface area contributed by atoms with Crippen LogP contribution in [0.3, 0.4) is 0 Å². The number of nitriles is 1. The normalized spacial score (nSPS) is 9.81. The first-order valence-electron chi connectivity index (χ1n) is 5.19. The molecule has 0 amide bonds. The summed E-state index contributed by atoms with van der Waals surface area (Å²) in [5.41, 5.74) is 5.35. The van der Waals surface area contributed by atoms with Crippen molar-refractivity contribution < 1.29 is 0 Å². The second kappa shape index (κ2) is 4.20. The van der Waals surface area contributed by atoms with E-state index >= 15 is 0 Å². The Labute approximate surface area is 96.0 Å². The zero-order valence-corrected chi connectivity index (χ0v) is 9.41. The van der Waals surface area contributed by atoms with E-state index in [1.54, 1.807) is 0 Å². The topological polar surface area (TPSA) is 23.8 Å². The van der Waals surface area contributed by atoms with Crippen molar-refractivity contribution in [1.29, 1.82) is 5.26 Å². The molecular formula is C15H12N. The van der Waals surface area contributed by atoms with E-state index in [0.717, 1.165) is 11.1 Å². The zero-order chi connectivity index (χ0) is 11.5. The van der Waals surface area contributed by atoms with Gasteiger partial charge < -0.3 is 0 Å². The molecule has 0 atom stereocenters. The standard InChI is InChI=1S/C15H12N/c1-11-4-3-5-14(8-11)15-7-6-13(10-16)9-12(15)2/h4-9H,1-2H3. The minimum absolute atomic E-state index is 0.706. The maximum atomic E-state index is 8.81. The van der Waals surface area contributed by atoms with E-state index in [1.165, 1.54) is 11.1 Å². The highest BCUT2D eigenvalue weighted by molar-refractivity contribution is 5.68. The van der Waals surface area contributed by atoms with Crippen LogP contribution in [0.1, 0.15) is 16.7 Å². The fraction of sp³-hybridized carbons (Fsp3) is 0.133. The van der Waals surface area contributed by atoms with Crippen LogP contribution in [-0.2, 0) is 0 Å². The summed E-state index contributed by atoms with van der Waals surface area (Å²) in [7, 11) is 0. The minimum atomic E-state index is 0.706. The van der Waals surface area contributed by atoms with Crippen LogP contribution in [0.2, 0.25) is 0 Å². The molecule has 1 radical (unpaired) electrons. The van der Waals surface area contributed by atoms with Gasteiger partial charge in [0, 0.05) is 0 Å². The van der Waals surface area contributed by atoms with E-state index in [0.29, 0.717) is 5.56 Å². The summed E-state index contributed by atoms with van der Waals surface area (Å²) in [6.45, 7) is 4.08. The Bertz CT molecular complexity index is 562. The van der Waals surface area contributed by atoms with Crippen molar-refractivity contribution in [2.45, 2.75) is 13.8 Å². The lowest BCUT2D eigenvalue weighted by Gasteiger charge is -2.06. The van der Waals surface area contributed by atoms with Crippen LogP contribution in [0.5, 0.6) is 0 Å². The number of aryl methyl sites for hydroxylation is 2. The smallest absolute Gasteiger partial charge is 0.0991 e. The van der Waals surface area contributed by atoms with Gasteiger partial charge in [-0.3, -0.25) is 0 Å². The Morgan fingerprint density at radius 2 is 1.94 bits per heavy atom. The highest BCUT2D eigenvalue weighted by Gasteiger charge is 2.02. The second-order valence-electron chi connectivity index (χ2n) is 3.94. The zero-order valence-electron chi connectivity index (χ0n) is 9.41. The van der Waals surface area contributed by atoms with Gasteiger partial charge in [-0.2, -0.15) is 5.26 Å². The Balaban J connectivity index is 2.53. The summed E-state index contributed by atoms with van der Waals surface area (Å²) >= 11 is 0. The second-order valence-corrected chi connectivity index (χ2v) is 3.94. The number of hydrogen-bond acceptors (Lipinski definition) is 1. The van der Waals surface area contributed by atoms with Gasteiger partial charge in [0.1, 0.15) is 0 Å². The molecule has 0 N–H and O–H groups in total. The van der Waals surface area contributed by atoms with E-state index in [1.807, 2.05) is 37.3 Å². The lowest BCUT2D eigenvalue weighted by atomic mass is 9.98. The number of rotatable bonds is 1. The molecule has 0 saturated heterocycles. The summed E-state index contributed by atoms with van der Waals surface area (Å²) < 4.78 is 0. The monoisotopic (exact) mass is 206 g/mol. The molecule has 0 fully saturated rings. The van der Waals surface area contributed by atoms with Crippen LogP contribution < -0.4 is 0 Å². The molecule has 2 rings (SSSR count). The molecule has 0 saturated carbocycles. The van der Waals surface area contributed by atoms with Crippen molar-refractivity contribution in [3.8, 4) is 17.2 Å². The fourth-order valence-electron chi connectivity index (χ4n) is 1.80. The molecule has 0 aromatic heterocycles. The van der Waals surface area contributed by atoms with Crippen LogP contribution in [0.4, 0.5) is 0 Å². The molecule has 1 nitrogen and oxygen atoms in total. The molecule has 0 unspecified atom stereocenters. The van der Waals surface area contributed by atoms with E-state index in [2.05, 4.69) is 25.1 Å². The van der Waals surface area contributed by atoms with Gasteiger partial charge in [0.2, 0.25) is 0 Å². The largest absolute Gasteiger partial charge is 0.192 e. The predicted molar refractivity (Wildman–Crippen MR) is 64.9 cm³/mol. The molecule has 2 aromatic rings. The van der Waals surface area contributed by atoms with Gasteiger partial charge in [0.25, 0.3) is 0 Å². The Hall–Kier alpha value is -2.07. The average Bonchev–Trinajstić information content (AvgIpc) is 2.28. The molecule has 0 heterocycles. The summed E-state index contributed by atoms with van der Waals surface area (Å²) in [6, 6.07) is 17.1. The van der Waals surface area contributed by atoms with Crippen molar-refractivity contribution in [1.82, 2.24) is 0 Å². The maximum Gasteiger partial charge on any atom is 0.0991 e. The van der Waals surface area contributed by atoms with Crippen LogP contribution in [0, 0.1) is 31.2 Å². The molecule has 2 aromatic carbocycles. The predicted octanol–water partition coefficient (Wildman–Crippen LogP) is 3.64. The van der Waals surface area contributed by atoms with Gasteiger partial charge in [-0.25, -0.2) is 0 Å². The van der Waals surface area contributed by atoms with Gasteiger partial charge in [0.15, 0.2) is 0 Å². The molecule has 0 aliphatic heterocycles. The van der Waals surface area contributed by atoms with Gasteiger partial charge in [-0.15, -0.1) is 0 Å². The highest BCUT2D eigenvalue weighted by Crippen LogP contribution is 2.24. The van der Waals surface area contributed by atoms with E-state index in [-0.39, 0.29) is 0 Å². The highest BCUT2D eigenvalue weighted by atomic mass is 14.2. The van der Waals surface area contributed by atoms with Gasteiger partial charge >= 0.3 is 0 Å². The third-order valence-corrected chi connectivity index (χ3v) is 2.60. The number of nitrogens with zero attached hydrogens (tertiary/aromatic N) is 1. The Morgan fingerprint density at radius 3 is 2.56 bits per heavy atom. The van der Waals surface area contributed by atoms with Crippen molar-refractivity contribution in [2.24, 2.45) is 0 Å². The van der Waals surface area contributed by atoms with Crippen molar-refractivity contribution >= 4 is 0 Å². The first-order chi connectivity index (χ1) is 7.70. The summed E-state index contributed by atoms with van der Waals surface area (Å²) in [5.74, 6) is 0. The molecule has 16 heavy (non-hydrogen) atoms. The van der Waals surface area contributed by atoms with Crippen molar-refractivity contribution in [3.63, 3.8) is 0 Å². The number of hydrogen-bond donors (Lipinski definition) is 0. The van der Waals surface area contributed by atoms with Gasteiger partial charge in [0.05, 0.1) is 11.6 Å². The van der Waals surface area contributed by atoms with E-state index in [4.69, 9.17) is 5.26 Å². The van der Waals surface area contributed by atoms with Crippen LogP contribution in [0.25, 0.3) is 11.1 Å². The number of benzene rings is 2. The first-order valence-corrected chi connectivity index (χ1v) is 5.19. The van der Waals surface area contributed by atoms with Crippen LogP contribution in [0.15, 0.2) is 36.4 Å². The molecule has 0 aliphatic carbocycles. The third-order valence-electron chi connectivity index (χ3n) is 2.60. The summed E-state index contributed by atoms with van der Waals surface area (Å²) in [6.07, 6.45) is 0. The Kier molecular flexibility index (Phi) is 2.74. The quantitative estimate of drug-likeness (QED) is 0.698. The first kappa shape index (κ1) is 10.4. The van der Waals surface area contributed by atoms with E-state index in [9.17, 15) is 0 Å². The fourth-order valence-corrected chi connectivity index (χ4v) is 1.80. The van der Waals surface area contributed by atoms with Crippen molar-refractivity contribution in [2.75, 3.05) is 0 Å². The SMILES string of the molecule is Cc1c[c]cc(-c2ccc(C#N)cc2C)c1. The van der Waals surface area contributed by atoms with Crippen molar-refractivity contribution in [3.05, 3.63) is 59.2 Å². The van der Waals surface area contributed by atoms with E-state index < -0.39 is 0 Å².